The maximum Gasteiger partial charge on any atom is 0.156 e. The summed E-state index contributed by atoms with van der Waals surface area (Å²) in [5.74, 6) is 1.35. The number of carbonyl (C=O) groups is 1. The summed E-state index contributed by atoms with van der Waals surface area (Å²) in [6, 6.07) is 9.03. The van der Waals surface area contributed by atoms with Gasteiger partial charge in [-0.3, -0.25) is 9.69 Å². The molecule has 0 aromatic heterocycles. The van der Waals surface area contributed by atoms with Gasteiger partial charge in [0.2, 0.25) is 0 Å². The molecule has 1 saturated carbocycles. The van der Waals surface area contributed by atoms with Crippen LogP contribution in [0.25, 0.3) is 0 Å². The average Bonchev–Trinajstić information content (AvgIpc) is 3.20. The van der Waals surface area contributed by atoms with Crippen LogP contribution in [-0.2, 0) is 10.2 Å². The van der Waals surface area contributed by atoms with Crippen LogP contribution in [0.2, 0.25) is 0 Å². The molecular weight excluding hydrogens is 258 g/mol. The van der Waals surface area contributed by atoms with Crippen LogP contribution >= 0.6 is 0 Å². The predicted molar refractivity (Wildman–Crippen MR) is 84.5 cm³/mol. The van der Waals surface area contributed by atoms with E-state index < -0.39 is 0 Å². The van der Waals surface area contributed by atoms with E-state index in [1.807, 2.05) is 0 Å². The minimum atomic E-state index is -0.107. The van der Waals surface area contributed by atoms with Crippen LogP contribution in [0.5, 0.6) is 0 Å². The van der Waals surface area contributed by atoms with Crippen LogP contribution in [0.1, 0.15) is 57.1 Å². The number of hydrogen-bond donors (Lipinski definition) is 0. The molecule has 1 aliphatic carbocycles. The van der Waals surface area contributed by atoms with Crippen LogP contribution in [0.3, 0.4) is 0 Å². The molecule has 5 rings (SSSR count). The standard InChI is InChI=1S/C19H25NO/c1-18(2,3)15-6-4-13(5-7-15)16-12-19(16)17(21)14-8-10-20(19)11-9-14/h4-7,14,16H,8-12H2,1-3H3/t16-,19+/m1/s1. The highest BCUT2D eigenvalue weighted by molar-refractivity contribution is 5.96. The summed E-state index contributed by atoms with van der Waals surface area (Å²) in [4.78, 5) is 15.2. The second-order valence-electron chi connectivity index (χ2n) is 8.18. The molecule has 1 aromatic rings. The Morgan fingerprint density at radius 2 is 1.71 bits per heavy atom. The minimum Gasteiger partial charge on any atom is -0.297 e. The molecule has 2 bridgehead atoms. The van der Waals surface area contributed by atoms with Gasteiger partial charge in [-0.1, -0.05) is 45.0 Å². The van der Waals surface area contributed by atoms with Gasteiger partial charge in [-0.05, 0) is 48.9 Å². The Balaban J connectivity index is 1.61. The molecule has 1 aromatic carbocycles. The monoisotopic (exact) mass is 283 g/mol. The zero-order valence-electron chi connectivity index (χ0n) is 13.4. The van der Waals surface area contributed by atoms with Gasteiger partial charge >= 0.3 is 0 Å². The Kier molecular flexibility index (Phi) is 2.70. The van der Waals surface area contributed by atoms with Crippen molar-refractivity contribution in [2.45, 2.75) is 56.9 Å². The maximum atomic E-state index is 12.7. The summed E-state index contributed by atoms with van der Waals surface area (Å²) in [6.07, 6.45) is 3.24. The van der Waals surface area contributed by atoms with E-state index in [1.165, 1.54) is 11.1 Å². The molecule has 3 saturated heterocycles. The molecule has 0 unspecified atom stereocenters. The Bertz CT molecular complexity index is 575. The highest BCUT2D eigenvalue weighted by Gasteiger charge is 2.67. The first kappa shape index (κ1) is 13.5. The number of fused-ring (bicyclic) bond motifs is 2. The van der Waals surface area contributed by atoms with Gasteiger partial charge in [-0.25, -0.2) is 0 Å². The molecule has 2 heteroatoms. The third-order valence-corrected chi connectivity index (χ3v) is 5.97. The molecule has 2 nitrogen and oxygen atoms in total. The van der Waals surface area contributed by atoms with Crippen molar-refractivity contribution >= 4 is 5.78 Å². The van der Waals surface area contributed by atoms with Gasteiger partial charge in [0.15, 0.2) is 5.78 Å². The largest absolute Gasteiger partial charge is 0.297 e. The lowest BCUT2D eigenvalue weighted by Crippen LogP contribution is -2.58. The van der Waals surface area contributed by atoms with Crippen molar-refractivity contribution in [1.29, 1.82) is 0 Å². The van der Waals surface area contributed by atoms with E-state index >= 15 is 0 Å². The van der Waals surface area contributed by atoms with Gasteiger partial charge in [0.05, 0.1) is 5.54 Å². The predicted octanol–water partition coefficient (Wildman–Crippen LogP) is 3.50. The Morgan fingerprint density at radius 1 is 1.10 bits per heavy atom. The molecule has 112 valence electrons. The Hall–Kier alpha value is -1.15. The summed E-state index contributed by atoms with van der Waals surface area (Å²) in [5.41, 5.74) is 2.83. The normalized spacial score (nSPS) is 38.0. The fourth-order valence-electron chi connectivity index (χ4n) is 4.53. The van der Waals surface area contributed by atoms with E-state index in [4.69, 9.17) is 0 Å². The van der Waals surface area contributed by atoms with E-state index in [2.05, 4.69) is 49.9 Å². The lowest BCUT2D eigenvalue weighted by atomic mass is 9.78. The van der Waals surface area contributed by atoms with Crippen LogP contribution in [0.15, 0.2) is 24.3 Å². The lowest BCUT2D eigenvalue weighted by Gasteiger charge is -2.45. The molecule has 21 heavy (non-hydrogen) atoms. The SMILES string of the molecule is CC(C)(C)c1ccc([C@H]2C[C@@]23C(=O)C2CCN3CC2)cc1. The van der Waals surface area contributed by atoms with E-state index in [9.17, 15) is 4.79 Å². The van der Waals surface area contributed by atoms with Gasteiger partial charge in [0, 0.05) is 11.8 Å². The van der Waals surface area contributed by atoms with Crippen molar-refractivity contribution < 1.29 is 4.79 Å². The van der Waals surface area contributed by atoms with Crippen LogP contribution in [-0.4, -0.2) is 29.3 Å². The molecule has 3 heterocycles. The van der Waals surface area contributed by atoms with Crippen LogP contribution < -0.4 is 0 Å². The second-order valence-corrected chi connectivity index (χ2v) is 8.18. The van der Waals surface area contributed by atoms with E-state index in [0.717, 1.165) is 32.4 Å². The number of Topliss-reactive ketones (excluding diaryl/α,β-unsaturated/α-hetero) is 1. The van der Waals surface area contributed by atoms with Crippen molar-refractivity contribution in [2.24, 2.45) is 5.92 Å². The third-order valence-electron chi connectivity index (χ3n) is 5.97. The van der Waals surface area contributed by atoms with E-state index in [-0.39, 0.29) is 11.0 Å². The molecule has 0 radical (unpaired) electrons. The third kappa shape index (κ3) is 1.85. The van der Waals surface area contributed by atoms with Crippen LogP contribution in [0, 0.1) is 5.92 Å². The number of piperidine rings is 3. The zero-order chi connectivity index (χ0) is 14.8. The number of benzene rings is 1. The van der Waals surface area contributed by atoms with Crippen molar-refractivity contribution in [1.82, 2.24) is 4.90 Å². The summed E-state index contributed by atoms with van der Waals surface area (Å²) >= 11 is 0. The molecular formula is C19H25NO. The number of hydrogen-bond acceptors (Lipinski definition) is 2. The second kappa shape index (κ2) is 4.19. The maximum absolute atomic E-state index is 12.7. The number of rotatable bonds is 1. The quantitative estimate of drug-likeness (QED) is 0.786. The summed E-state index contributed by atoms with van der Waals surface area (Å²) < 4.78 is 0. The lowest BCUT2D eigenvalue weighted by molar-refractivity contribution is -0.139. The first-order valence-electron chi connectivity index (χ1n) is 8.33. The van der Waals surface area contributed by atoms with Crippen molar-refractivity contribution in [3.8, 4) is 0 Å². The van der Waals surface area contributed by atoms with E-state index in [0.29, 0.717) is 17.6 Å². The molecule has 2 atom stereocenters. The molecule has 0 amide bonds. The van der Waals surface area contributed by atoms with E-state index in [1.54, 1.807) is 0 Å². The topological polar surface area (TPSA) is 20.3 Å². The molecule has 1 spiro atoms. The van der Waals surface area contributed by atoms with Gasteiger partial charge in [-0.15, -0.1) is 0 Å². The summed E-state index contributed by atoms with van der Waals surface area (Å²) in [7, 11) is 0. The zero-order valence-corrected chi connectivity index (χ0v) is 13.4. The Morgan fingerprint density at radius 3 is 2.24 bits per heavy atom. The number of ketones is 1. The Labute approximate surface area is 127 Å². The first-order valence-corrected chi connectivity index (χ1v) is 8.33. The highest BCUT2D eigenvalue weighted by atomic mass is 16.1. The van der Waals surface area contributed by atoms with Crippen LogP contribution in [0.4, 0.5) is 0 Å². The number of carbonyl (C=O) groups excluding carboxylic acids is 1. The van der Waals surface area contributed by atoms with Gasteiger partial charge < -0.3 is 0 Å². The summed E-state index contributed by atoms with van der Waals surface area (Å²) in [6.45, 7) is 9.00. The highest BCUT2D eigenvalue weighted by Crippen LogP contribution is 2.61. The van der Waals surface area contributed by atoms with Crippen molar-refractivity contribution in [2.75, 3.05) is 13.1 Å². The minimum absolute atomic E-state index is 0.107. The van der Waals surface area contributed by atoms with Gasteiger partial charge in [-0.2, -0.15) is 0 Å². The molecule has 4 fully saturated rings. The number of nitrogens with zero attached hydrogens (tertiary/aromatic N) is 1. The summed E-state index contributed by atoms with van der Waals surface area (Å²) in [5, 5.41) is 0. The molecule has 0 N–H and O–H groups in total. The fraction of sp³-hybridized carbons (Fsp3) is 0.632. The average molecular weight is 283 g/mol. The molecule has 4 aliphatic rings. The van der Waals surface area contributed by atoms with Crippen molar-refractivity contribution in [3.05, 3.63) is 35.4 Å². The van der Waals surface area contributed by atoms with Gasteiger partial charge in [0.25, 0.3) is 0 Å². The first-order chi connectivity index (χ1) is 9.93. The molecule has 3 aliphatic heterocycles. The van der Waals surface area contributed by atoms with Crippen molar-refractivity contribution in [3.63, 3.8) is 0 Å². The smallest absolute Gasteiger partial charge is 0.156 e. The van der Waals surface area contributed by atoms with Gasteiger partial charge in [0.1, 0.15) is 0 Å². The fourth-order valence-corrected chi connectivity index (χ4v) is 4.53.